The molecule has 0 bridgehead atoms. The van der Waals surface area contributed by atoms with E-state index < -0.39 is 23.0 Å². The Kier molecular flexibility index (Phi) is 3.45. The molecule has 25 heavy (non-hydrogen) atoms. The van der Waals surface area contributed by atoms with Crippen molar-refractivity contribution >= 4 is 17.2 Å². The monoisotopic (exact) mass is 342 g/mol. The Morgan fingerprint density at radius 1 is 1.20 bits per heavy atom. The highest BCUT2D eigenvalue weighted by Gasteiger charge is 2.30. The summed E-state index contributed by atoms with van der Waals surface area (Å²) in [5.74, 6) is -2.14. The second-order valence-electron chi connectivity index (χ2n) is 5.58. The molecule has 1 aliphatic rings. The van der Waals surface area contributed by atoms with Crippen LogP contribution in [0.3, 0.4) is 0 Å². The van der Waals surface area contributed by atoms with Crippen LogP contribution < -0.4 is 4.90 Å². The molecule has 8 heteroatoms. The molecule has 1 aliphatic heterocycles. The van der Waals surface area contributed by atoms with Gasteiger partial charge in [0.1, 0.15) is 17.5 Å². The Morgan fingerprint density at radius 2 is 2.04 bits per heavy atom. The third-order valence-electron chi connectivity index (χ3n) is 4.08. The summed E-state index contributed by atoms with van der Waals surface area (Å²) >= 11 is 0. The van der Waals surface area contributed by atoms with Crippen molar-refractivity contribution in [2.45, 2.75) is 6.42 Å². The minimum Gasteiger partial charge on any atom is -0.494 e. The van der Waals surface area contributed by atoms with Crippen LogP contribution in [0.1, 0.15) is 16.8 Å². The first-order valence-electron chi connectivity index (χ1n) is 7.54. The number of aliphatic hydroxyl groups excluding tert-OH is 1. The molecule has 1 aromatic carbocycles. The van der Waals surface area contributed by atoms with Gasteiger partial charge in [0.25, 0.3) is 0 Å². The summed E-state index contributed by atoms with van der Waals surface area (Å²) in [6.07, 6.45) is 3.47. The number of anilines is 1. The molecule has 0 fully saturated rings. The van der Waals surface area contributed by atoms with Crippen LogP contribution in [0.4, 0.5) is 14.6 Å². The van der Waals surface area contributed by atoms with E-state index in [2.05, 4.69) is 10.1 Å². The van der Waals surface area contributed by atoms with E-state index >= 15 is 0 Å². The van der Waals surface area contributed by atoms with Crippen LogP contribution in [0.25, 0.3) is 5.65 Å². The molecule has 0 atom stereocenters. The Labute approximate surface area is 140 Å². The Morgan fingerprint density at radius 3 is 2.88 bits per heavy atom. The predicted octanol–water partition coefficient (Wildman–Crippen LogP) is 2.87. The number of nitrogens with zero attached hydrogens (tertiary/aromatic N) is 4. The van der Waals surface area contributed by atoms with E-state index in [0.717, 1.165) is 18.2 Å². The minimum atomic E-state index is -0.830. The SMILES string of the molecule is O=C(C1=C(O)N(c2ccn3nccc3n2)CC1)c1cc(F)ccc1F. The fourth-order valence-electron chi connectivity index (χ4n) is 2.83. The topological polar surface area (TPSA) is 70.7 Å². The van der Waals surface area contributed by atoms with E-state index in [1.54, 1.807) is 29.0 Å². The van der Waals surface area contributed by atoms with Crippen molar-refractivity contribution in [3.8, 4) is 0 Å². The zero-order valence-corrected chi connectivity index (χ0v) is 12.9. The van der Waals surface area contributed by atoms with Gasteiger partial charge in [-0.2, -0.15) is 5.10 Å². The van der Waals surface area contributed by atoms with Gasteiger partial charge in [-0.3, -0.25) is 9.69 Å². The fourth-order valence-corrected chi connectivity index (χ4v) is 2.83. The zero-order chi connectivity index (χ0) is 17.6. The van der Waals surface area contributed by atoms with Crippen LogP contribution in [0.2, 0.25) is 0 Å². The maximum atomic E-state index is 13.8. The summed E-state index contributed by atoms with van der Waals surface area (Å²) < 4.78 is 28.7. The molecule has 2 aromatic heterocycles. The maximum Gasteiger partial charge on any atom is 0.199 e. The van der Waals surface area contributed by atoms with Gasteiger partial charge in [-0.05, 0) is 30.7 Å². The van der Waals surface area contributed by atoms with Gasteiger partial charge in [0.05, 0.1) is 17.3 Å². The van der Waals surface area contributed by atoms with Crippen LogP contribution in [0.5, 0.6) is 0 Å². The molecule has 1 N–H and O–H groups in total. The molecule has 0 radical (unpaired) electrons. The lowest BCUT2D eigenvalue weighted by molar-refractivity contribution is 0.102. The third-order valence-corrected chi connectivity index (χ3v) is 4.08. The Bertz CT molecular complexity index is 1030. The number of halogens is 2. The van der Waals surface area contributed by atoms with Gasteiger partial charge in [-0.25, -0.2) is 18.3 Å². The molecule has 3 heterocycles. The van der Waals surface area contributed by atoms with Gasteiger partial charge >= 0.3 is 0 Å². The van der Waals surface area contributed by atoms with Crippen molar-refractivity contribution < 1.29 is 18.7 Å². The summed E-state index contributed by atoms with van der Waals surface area (Å²) in [5.41, 5.74) is 0.212. The molecule has 3 aromatic rings. The number of benzene rings is 1. The number of aliphatic hydroxyl groups is 1. The minimum absolute atomic E-state index is 0.0275. The fraction of sp³-hybridized carbons (Fsp3) is 0.118. The molecule has 0 aliphatic carbocycles. The van der Waals surface area contributed by atoms with Gasteiger partial charge in [0.2, 0.25) is 0 Å². The summed E-state index contributed by atoms with van der Waals surface area (Å²) in [4.78, 5) is 18.3. The second kappa shape index (κ2) is 5.66. The molecule has 0 spiro atoms. The van der Waals surface area contributed by atoms with Crippen LogP contribution in [0.15, 0.2) is 54.2 Å². The lowest BCUT2D eigenvalue weighted by Crippen LogP contribution is -2.20. The van der Waals surface area contributed by atoms with Crippen LogP contribution in [0, 0.1) is 11.6 Å². The third kappa shape index (κ3) is 2.51. The Hall–Kier alpha value is -3.29. The highest BCUT2D eigenvalue weighted by molar-refractivity contribution is 6.09. The van der Waals surface area contributed by atoms with E-state index in [9.17, 15) is 18.7 Å². The molecule has 0 unspecified atom stereocenters. The number of hydrogen-bond acceptors (Lipinski definition) is 5. The number of hydrogen-bond donors (Lipinski definition) is 1. The van der Waals surface area contributed by atoms with Crippen molar-refractivity contribution in [3.63, 3.8) is 0 Å². The van der Waals surface area contributed by atoms with Gasteiger partial charge in [-0.15, -0.1) is 0 Å². The van der Waals surface area contributed by atoms with E-state index in [4.69, 9.17) is 0 Å². The van der Waals surface area contributed by atoms with Crippen molar-refractivity contribution in [2.75, 3.05) is 11.4 Å². The van der Waals surface area contributed by atoms with Crippen molar-refractivity contribution in [3.05, 3.63) is 71.4 Å². The quantitative estimate of drug-likeness (QED) is 0.741. The van der Waals surface area contributed by atoms with Gasteiger partial charge in [-0.1, -0.05) is 0 Å². The van der Waals surface area contributed by atoms with Crippen LogP contribution >= 0.6 is 0 Å². The highest BCUT2D eigenvalue weighted by atomic mass is 19.1. The normalized spacial score (nSPS) is 14.6. The maximum absolute atomic E-state index is 13.8. The smallest absolute Gasteiger partial charge is 0.199 e. The zero-order valence-electron chi connectivity index (χ0n) is 12.9. The second-order valence-corrected chi connectivity index (χ2v) is 5.58. The number of rotatable bonds is 3. The summed E-state index contributed by atoms with van der Waals surface area (Å²) in [6, 6.07) is 6.01. The molecule has 6 nitrogen and oxygen atoms in total. The summed E-state index contributed by atoms with van der Waals surface area (Å²) in [7, 11) is 0. The standard InChI is InChI=1S/C17H12F2N4O2/c18-10-1-2-13(19)12(9-10)16(24)11-4-7-22(17(11)25)14-5-8-23-15(21-14)3-6-20-23/h1-3,5-6,8-9,25H,4,7H2. The number of aromatic nitrogens is 3. The van der Waals surface area contributed by atoms with Crippen LogP contribution in [-0.2, 0) is 0 Å². The predicted molar refractivity (Wildman–Crippen MR) is 85.3 cm³/mol. The molecule has 0 saturated heterocycles. The number of fused-ring (bicyclic) bond motifs is 1. The highest BCUT2D eigenvalue weighted by Crippen LogP contribution is 2.29. The Balaban J connectivity index is 1.71. The number of ketones is 1. The molecule has 0 saturated carbocycles. The molecular formula is C17H12F2N4O2. The largest absolute Gasteiger partial charge is 0.494 e. The van der Waals surface area contributed by atoms with E-state index in [0.29, 0.717) is 18.0 Å². The molecule has 0 amide bonds. The van der Waals surface area contributed by atoms with Crippen molar-refractivity contribution in [1.29, 1.82) is 0 Å². The molecule has 4 rings (SSSR count). The number of carbonyl (C=O) groups is 1. The van der Waals surface area contributed by atoms with E-state index in [1.165, 1.54) is 4.90 Å². The lowest BCUT2D eigenvalue weighted by Gasteiger charge is -2.16. The van der Waals surface area contributed by atoms with Gasteiger partial charge in [0, 0.05) is 18.8 Å². The first-order valence-corrected chi connectivity index (χ1v) is 7.54. The van der Waals surface area contributed by atoms with Gasteiger partial charge < -0.3 is 5.11 Å². The number of carbonyl (C=O) groups excluding carboxylic acids is 1. The summed E-state index contributed by atoms with van der Waals surface area (Å²) in [5, 5.41) is 14.5. The van der Waals surface area contributed by atoms with E-state index in [1.807, 2.05) is 0 Å². The first-order chi connectivity index (χ1) is 12.0. The number of Topliss-reactive ketones (excluding diaryl/α,β-unsaturated/α-hetero) is 1. The van der Waals surface area contributed by atoms with Crippen LogP contribution in [-0.4, -0.2) is 32.0 Å². The average Bonchev–Trinajstić information content (AvgIpc) is 3.22. The lowest BCUT2D eigenvalue weighted by atomic mass is 10.0. The summed E-state index contributed by atoms with van der Waals surface area (Å²) in [6.45, 7) is 0.307. The van der Waals surface area contributed by atoms with Crippen molar-refractivity contribution in [1.82, 2.24) is 14.6 Å². The first kappa shape index (κ1) is 15.3. The van der Waals surface area contributed by atoms with Crippen molar-refractivity contribution in [2.24, 2.45) is 0 Å². The molecular weight excluding hydrogens is 330 g/mol. The van der Waals surface area contributed by atoms with Gasteiger partial charge in [0.15, 0.2) is 17.3 Å². The average molecular weight is 342 g/mol. The van der Waals surface area contributed by atoms with E-state index in [-0.39, 0.29) is 17.9 Å². The molecule has 126 valence electrons.